The normalized spacial score (nSPS) is 16.9. The Morgan fingerprint density at radius 2 is 1.82 bits per heavy atom. The summed E-state index contributed by atoms with van der Waals surface area (Å²) in [5.41, 5.74) is 1.82. The molecule has 28 heavy (non-hydrogen) atoms. The van der Waals surface area contributed by atoms with Crippen LogP contribution in [-0.4, -0.2) is 34.0 Å². The number of amides is 1. The molecular weight excluding hydrogens is 354 g/mol. The molecule has 1 saturated heterocycles. The lowest BCUT2D eigenvalue weighted by molar-refractivity contribution is 0.0703. The van der Waals surface area contributed by atoms with E-state index in [2.05, 4.69) is 10.1 Å². The monoisotopic (exact) mass is 377 g/mol. The van der Waals surface area contributed by atoms with Crippen LogP contribution in [0.2, 0.25) is 0 Å². The molecule has 0 saturated carbocycles. The molecule has 6 nitrogen and oxygen atoms in total. The lowest BCUT2D eigenvalue weighted by atomic mass is 9.96. The molecule has 0 aliphatic carbocycles. The van der Waals surface area contributed by atoms with Crippen molar-refractivity contribution in [3.8, 4) is 0 Å². The fraction of sp³-hybridized carbons (Fsp3) is 0.318. The first-order valence-electron chi connectivity index (χ1n) is 9.58. The Morgan fingerprint density at radius 3 is 2.61 bits per heavy atom. The maximum Gasteiger partial charge on any atom is 0.253 e. The number of carbonyl (C=O) groups is 1. The zero-order chi connectivity index (χ0) is 19.2. The minimum absolute atomic E-state index is 0.0558. The minimum atomic E-state index is 0.0558. The van der Waals surface area contributed by atoms with Gasteiger partial charge in [-0.1, -0.05) is 53.7 Å². The fourth-order valence-corrected chi connectivity index (χ4v) is 3.46. The lowest BCUT2D eigenvalue weighted by Gasteiger charge is -2.31. The molecular formula is C22H23N3O3. The molecule has 0 N–H and O–H groups in total. The van der Waals surface area contributed by atoms with E-state index < -0.39 is 0 Å². The summed E-state index contributed by atoms with van der Waals surface area (Å²) in [5, 5.41) is 4.13. The predicted octanol–water partition coefficient (Wildman–Crippen LogP) is 3.81. The highest BCUT2D eigenvalue weighted by molar-refractivity contribution is 5.94. The van der Waals surface area contributed by atoms with Gasteiger partial charge < -0.3 is 14.2 Å². The van der Waals surface area contributed by atoms with Crippen LogP contribution in [0.15, 0.2) is 65.2 Å². The van der Waals surface area contributed by atoms with Crippen molar-refractivity contribution in [2.75, 3.05) is 13.1 Å². The molecule has 1 aliphatic rings. The molecule has 3 aromatic rings. The molecule has 1 aliphatic heterocycles. The molecule has 1 aromatic heterocycles. The van der Waals surface area contributed by atoms with E-state index >= 15 is 0 Å². The second-order valence-electron chi connectivity index (χ2n) is 6.98. The van der Waals surface area contributed by atoms with Crippen LogP contribution in [0, 0.1) is 0 Å². The smallest absolute Gasteiger partial charge is 0.253 e. The van der Waals surface area contributed by atoms with E-state index in [1.807, 2.05) is 65.6 Å². The molecule has 1 fully saturated rings. The third-order valence-corrected chi connectivity index (χ3v) is 4.92. The predicted molar refractivity (Wildman–Crippen MR) is 104 cm³/mol. The first-order valence-corrected chi connectivity index (χ1v) is 9.58. The van der Waals surface area contributed by atoms with Crippen LogP contribution in [0.4, 0.5) is 0 Å². The number of hydrogen-bond acceptors (Lipinski definition) is 5. The molecule has 0 bridgehead atoms. The second kappa shape index (κ2) is 8.80. The van der Waals surface area contributed by atoms with Crippen LogP contribution in [0.1, 0.15) is 46.4 Å². The van der Waals surface area contributed by atoms with Gasteiger partial charge in [-0.15, -0.1) is 0 Å². The van der Waals surface area contributed by atoms with E-state index in [-0.39, 0.29) is 18.4 Å². The number of nitrogens with zero attached hydrogens (tertiary/aromatic N) is 3. The summed E-state index contributed by atoms with van der Waals surface area (Å²) in [7, 11) is 0. The maximum atomic E-state index is 12.7. The minimum Gasteiger partial charge on any atom is -0.367 e. The number of piperidine rings is 1. The molecule has 1 amide bonds. The summed E-state index contributed by atoms with van der Waals surface area (Å²) in [6.45, 7) is 2.15. The van der Waals surface area contributed by atoms with Crippen molar-refractivity contribution in [1.29, 1.82) is 0 Å². The molecule has 1 atom stereocenters. The Balaban J connectivity index is 1.33. The lowest BCUT2D eigenvalue weighted by Crippen LogP contribution is -2.39. The Morgan fingerprint density at radius 1 is 1.07 bits per heavy atom. The highest BCUT2D eigenvalue weighted by Gasteiger charge is 2.28. The molecule has 144 valence electrons. The number of likely N-dealkylation sites (tertiary alicyclic amines) is 1. The van der Waals surface area contributed by atoms with Crippen LogP contribution in [-0.2, 0) is 18.0 Å². The van der Waals surface area contributed by atoms with Gasteiger partial charge in [-0.3, -0.25) is 4.79 Å². The van der Waals surface area contributed by atoms with Gasteiger partial charge in [-0.25, -0.2) is 0 Å². The van der Waals surface area contributed by atoms with Gasteiger partial charge in [0.05, 0.1) is 6.61 Å². The molecule has 0 spiro atoms. The van der Waals surface area contributed by atoms with Gasteiger partial charge in [0, 0.05) is 24.6 Å². The van der Waals surface area contributed by atoms with Crippen molar-refractivity contribution in [2.45, 2.75) is 32.0 Å². The van der Waals surface area contributed by atoms with Crippen molar-refractivity contribution < 1.29 is 14.1 Å². The van der Waals surface area contributed by atoms with Crippen LogP contribution in [0.3, 0.4) is 0 Å². The highest BCUT2D eigenvalue weighted by Crippen LogP contribution is 2.26. The van der Waals surface area contributed by atoms with Gasteiger partial charge in [-0.05, 0) is 30.5 Å². The van der Waals surface area contributed by atoms with Crippen LogP contribution in [0.5, 0.6) is 0 Å². The zero-order valence-corrected chi connectivity index (χ0v) is 15.7. The Labute approximate surface area is 164 Å². The number of rotatable bonds is 6. The first-order chi connectivity index (χ1) is 13.8. The van der Waals surface area contributed by atoms with E-state index in [1.165, 1.54) is 0 Å². The average molecular weight is 377 g/mol. The number of benzene rings is 2. The molecule has 0 radical (unpaired) electrons. The van der Waals surface area contributed by atoms with E-state index in [9.17, 15) is 4.79 Å². The van der Waals surface area contributed by atoms with E-state index in [0.717, 1.165) is 24.9 Å². The summed E-state index contributed by atoms with van der Waals surface area (Å²) in [6, 6.07) is 19.3. The summed E-state index contributed by atoms with van der Waals surface area (Å²) < 4.78 is 11.0. The number of aromatic nitrogens is 2. The highest BCUT2D eigenvalue weighted by atomic mass is 16.5. The van der Waals surface area contributed by atoms with E-state index in [1.54, 1.807) is 0 Å². The van der Waals surface area contributed by atoms with Gasteiger partial charge in [0.15, 0.2) is 5.82 Å². The van der Waals surface area contributed by atoms with E-state index in [4.69, 9.17) is 9.26 Å². The molecule has 2 heterocycles. The van der Waals surface area contributed by atoms with E-state index in [0.29, 0.717) is 30.4 Å². The van der Waals surface area contributed by atoms with Crippen molar-refractivity contribution in [2.24, 2.45) is 0 Å². The topological polar surface area (TPSA) is 68.5 Å². The Kier molecular flexibility index (Phi) is 5.77. The number of ether oxygens (including phenoxy) is 1. The molecule has 1 unspecified atom stereocenters. The number of carbonyl (C=O) groups excluding carboxylic acids is 1. The van der Waals surface area contributed by atoms with Crippen molar-refractivity contribution in [3.63, 3.8) is 0 Å². The van der Waals surface area contributed by atoms with Gasteiger partial charge in [0.1, 0.15) is 6.61 Å². The van der Waals surface area contributed by atoms with Crippen LogP contribution in [0.25, 0.3) is 0 Å². The quantitative estimate of drug-likeness (QED) is 0.653. The SMILES string of the molecule is O=C(c1ccccc1)N1CCCC(c2noc(COCc3ccccc3)n2)C1. The third kappa shape index (κ3) is 4.46. The average Bonchev–Trinajstić information content (AvgIpc) is 3.24. The fourth-order valence-electron chi connectivity index (χ4n) is 3.46. The third-order valence-electron chi connectivity index (χ3n) is 4.92. The Bertz CT molecular complexity index is 896. The van der Waals surface area contributed by atoms with Gasteiger partial charge in [-0.2, -0.15) is 4.98 Å². The van der Waals surface area contributed by atoms with Gasteiger partial charge >= 0.3 is 0 Å². The Hall–Kier alpha value is -2.99. The van der Waals surface area contributed by atoms with Crippen LogP contribution < -0.4 is 0 Å². The van der Waals surface area contributed by atoms with Gasteiger partial charge in [0.2, 0.25) is 0 Å². The summed E-state index contributed by atoms with van der Waals surface area (Å²) >= 11 is 0. The van der Waals surface area contributed by atoms with Gasteiger partial charge in [0.25, 0.3) is 11.8 Å². The molecule has 6 heteroatoms. The van der Waals surface area contributed by atoms with Crippen molar-refractivity contribution >= 4 is 5.91 Å². The summed E-state index contributed by atoms with van der Waals surface area (Å²) in [4.78, 5) is 19.1. The zero-order valence-electron chi connectivity index (χ0n) is 15.7. The first kappa shape index (κ1) is 18.4. The molecule has 2 aromatic carbocycles. The van der Waals surface area contributed by atoms with Crippen molar-refractivity contribution in [3.05, 3.63) is 83.5 Å². The van der Waals surface area contributed by atoms with Crippen molar-refractivity contribution in [1.82, 2.24) is 15.0 Å². The second-order valence-corrected chi connectivity index (χ2v) is 6.98. The van der Waals surface area contributed by atoms with Crippen LogP contribution >= 0.6 is 0 Å². The largest absolute Gasteiger partial charge is 0.367 e. The summed E-state index contributed by atoms with van der Waals surface area (Å²) in [5.74, 6) is 1.27. The molecule has 4 rings (SSSR count). The standard InChI is InChI=1S/C22H23N3O3/c26-22(18-10-5-2-6-11-18)25-13-7-12-19(14-25)21-23-20(28-24-21)16-27-15-17-8-3-1-4-9-17/h1-6,8-11,19H,7,12-16H2. The number of hydrogen-bond donors (Lipinski definition) is 0. The summed E-state index contributed by atoms with van der Waals surface area (Å²) in [6.07, 6.45) is 1.88. The maximum absolute atomic E-state index is 12.7.